The van der Waals surface area contributed by atoms with Gasteiger partial charge in [-0.1, -0.05) is 19.1 Å². The third kappa shape index (κ3) is 4.28. The topological polar surface area (TPSA) is 68.9 Å². The Morgan fingerprint density at radius 3 is 2.78 bits per heavy atom. The summed E-state index contributed by atoms with van der Waals surface area (Å²) in [5.74, 6) is 0.236. The Morgan fingerprint density at radius 1 is 1.30 bits per heavy atom. The van der Waals surface area contributed by atoms with E-state index in [2.05, 4.69) is 19.1 Å². The van der Waals surface area contributed by atoms with Crippen LogP contribution in [0.5, 0.6) is 17.2 Å². The van der Waals surface area contributed by atoms with E-state index in [-0.39, 0.29) is 11.9 Å². The maximum absolute atomic E-state index is 11.7. The van der Waals surface area contributed by atoms with Crippen LogP contribution in [0.15, 0.2) is 39.6 Å². The fourth-order valence-electron chi connectivity index (χ4n) is 2.12. The van der Waals surface area contributed by atoms with Gasteiger partial charge in [-0.05, 0) is 38.8 Å². The van der Waals surface area contributed by atoms with Gasteiger partial charge >= 0.3 is 5.63 Å². The number of benzene rings is 1. The van der Waals surface area contributed by atoms with E-state index in [9.17, 15) is 9.90 Å². The van der Waals surface area contributed by atoms with Gasteiger partial charge in [0.05, 0.1) is 18.1 Å². The van der Waals surface area contributed by atoms with E-state index < -0.39 is 11.4 Å². The Kier molecular flexibility index (Phi) is 5.68. The van der Waals surface area contributed by atoms with Crippen molar-refractivity contribution in [2.45, 2.75) is 39.7 Å². The van der Waals surface area contributed by atoms with Crippen molar-refractivity contribution in [3.63, 3.8) is 0 Å². The maximum Gasteiger partial charge on any atom is 0.382 e. The van der Waals surface area contributed by atoms with Crippen LogP contribution in [-0.4, -0.2) is 17.8 Å². The third-order valence-electron chi connectivity index (χ3n) is 3.12. The molecule has 2 rings (SSSR count). The number of allylic oxidation sites excluding steroid dienone is 1. The molecule has 0 fully saturated rings. The van der Waals surface area contributed by atoms with E-state index in [1.54, 1.807) is 18.2 Å². The molecular weight excluding hydrogens is 296 g/mol. The largest absolute Gasteiger partial charge is 0.499 e. The zero-order valence-corrected chi connectivity index (χ0v) is 13.7. The summed E-state index contributed by atoms with van der Waals surface area (Å²) in [6.45, 7) is 6.26. The van der Waals surface area contributed by atoms with Gasteiger partial charge in [-0.2, -0.15) is 0 Å². The van der Waals surface area contributed by atoms with Crippen molar-refractivity contribution < 1.29 is 19.0 Å². The molecule has 0 aliphatic rings. The van der Waals surface area contributed by atoms with Gasteiger partial charge in [-0.15, -0.1) is 0 Å². The average molecular weight is 318 g/mol. The van der Waals surface area contributed by atoms with Gasteiger partial charge in [0.15, 0.2) is 5.75 Å². The number of hydrogen-bond donors (Lipinski definition) is 1. The van der Waals surface area contributed by atoms with Crippen LogP contribution in [0, 0.1) is 0 Å². The first-order chi connectivity index (χ1) is 11.0. The van der Waals surface area contributed by atoms with Crippen molar-refractivity contribution in [1.82, 2.24) is 0 Å². The van der Waals surface area contributed by atoms with Gasteiger partial charge in [-0.25, -0.2) is 4.79 Å². The summed E-state index contributed by atoms with van der Waals surface area (Å²) in [6, 6.07) is 5.11. The Balaban J connectivity index is 2.27. The Hall–Kier alpha value is -2.43. The molecule has 0 aliphatic carbocycles. The lowest BCUT2D eigenvalue weighted by molar-refractivity contribution is 0.231. The van der Waals surface area contributed by atoms with Gasteiger partial charge in [-0.3, -0.25) is 0 Å². The average Bonchev–Trinajstić information content (AvgIpc) is 2.51. The zero-order valence-electron chi connectivity index (χ0n) is 13.7. The summed E-state index contributed by atoms with van der Waals surface area (Å²) in [5, 5.41) is 10.4. The normalized spacial score (nSPS) is 11.5. The maximum atomic E-state index is 11.7. The molecule has 23 heavy (non-hydrogen) atoms. The summed E-state index contributed by atoms with van der Waals surface area (Å²) >= 11 is 0. The highest BCUT2D eigenvalue weighted by molar-refractivity contribution is 5.86. The first kappa shape index (κ1) is 16.9. The summed E-state index contributed by atoms with van der Waals surface area (Å²) in [5.41, 5.74) is -0.499. The van der Waals surface area contributed by atoms with Crippen molar-refractivity contribution in [3.05, 3.63) is 40.8 Å². The van der Waals surface area contributed by atoms with Crippen molar-refractivity contribution in [2.75, 3.05) is 6.61 Å². The van der Waals surface area contributed by atoms with Crippen LogP contribution in [0.1, 0.15) is 33.6 Å². The summed E-state index contributed by atoms with van der Waals surface area (Å²) in [6.07, 6.45) is 5.79. The summed E-state index contributed by atoms with van der Waals surface area (Å²) in [4.78, 5) is 11.7. The highest BCUT2D eigenvalue weighted by Gasteiger charge is 2.16. The number of fused-ring (bicyclic) bond motifs is 1. The van der Waals surface area contributed by atoms with Crippen LogP contribution < -0.4 is 15.1 Å². The van der Waals surface area contributed by atoms with Gasteiger partial charge in [0, 0.05) is 6.07 Å². The standard InChI is InChI=1S/C18H22O5/c1-4-5-6-7-10-21-13-8-9-14-15(11-13)23-18(20)16(19)17(14)22-12(2)3/h5-6,8-9,11-12,19H,4,7,10H2,1-3H3. The first-order valence-electron chi connectivity index (χ1n) is 7.77. The number of hydrogen-bond acceptors (Lipinski definition) is 5. The number of ether oxygens (including phenoxy) is 2. The van der Waals surface area contributed by atoms with E-state index in [0.717, 1.165) is 12.8 Å². The second-order valence-electron chi connectivity index (χ2n) is 5.41. The monoisotopic (exact) mass is 318 g/mol. The van der Waals surface area contributed by atoms with E-state index in [0.29, 0.717) is 23.3 Å². The molecule has 0 aliphatic heterocycles. The molecule has 0 saturated carbocycles. The fraction of sp³-hybridized carbons (Fsp3) is 0.389. The van der Waals surface area contributed by atoms with E-state index >= 15 is 0 Å². The third-order valence-corrected chi connectivity index (χ3v) is 3.12. The SMILES string of the molecule is CCC=CCCOc1ccc2c(OC(C)C)c(O)c(=O)oc2c1. The van der Waals surface area contributed by atoms with Gasteiger partial charge in [0.1, 0.15) is 11.3 Å². The number of aromatic hydroxyl groups is 1. The molecule has 0 radical (unpaired) electrons. The predicted molar refractivity (Wildman–Crippen MR) is 89.5 cm³/mol. The summed E-state index contributed by atoms with van der Waals surface area (Å²) < 4.78 is 16.3. The molecule has 2 aromatic rings. The molecule has 1 heterocycles. The van der Waals surface area contributed by atoms with Crippen molar-refractivity contribution in [2.24, 2.45) is 0 Å². The minimum Gasteiger partial charge on any atom is -0.499 e. The quantitative estimate of drug-likeness (QED) is 0.474. The second-order valence-corrected chi connectivity index (χ2v) is 5.41. The summed E-state index contributed by atoms with van der Waals surface area (Å²) in [7, 11) is 0. The molecular formula is C18H22O5. The number of rotatable bonds is 7. The first-order valence-corrected chi connectivity index (χ1v) is 7.77. The Labute approximate surface area is 135 Å². The molecule has 0 atom stereocenters. The molecule has 1 N–H and O–H groups in total. The predicted octanol–water partition coefficient (Wildman–Crippen LogP) is 4.02. The second kappa shape index (κ2) is 7.72. The molecule has 0 bridgehead atoms. The van der Waals surface area contributed by atoms with Crippen LogP contribution in [0.3, 0.4) is 0 Å². The highest BCUT2D eigenvalue weighted by atomic mass is 16.5. The lowest BCUT2D eigenvalue weighted by atomic mass is 10.2. The van der Waals surface area contributed by atoms with Crippen molar-refractivity contribution >= 4 is 11.0 Å². The molecule has 5 heteroatoms. The lowest BCUT2D eigenvalue weighted by Gasteiger charge is -2.13. The molecule has 1 aromatic heterocycles. The molecule has 124 valence electrons. The van der Waals surface area contributed by atoms with Crippen LogP contribution in [0.4, 0.5) is 0 Å². The van der Waals surface area contributed by atoms with Gasteiger partial charge < -0.3 is 19.0 Å². The molecule has 0 spiro atoms. The molecule has 0 unspecified atom stereocenters. The Bertz CT molecular complexity index is 743. The minimum absolute atomic E-state index is 0.142. The Morgan fingerprint density at radius 2 is 2.09 bits per heavy atom. The van der Waals surface area contributed by atoms with Gasteiger partial charge in [0.25, 0.3) is 0 Å². The van der Waals surface area contributed by atoms with Crippen molar-refractivity contribution in [3.8, 4) is 17.2 Å². The molecule has 1 aromatic carbocycles. The zero-order chi connectivity index (χ0) is 16.8. The molecule has 0 saturated heterocycles. The smallest absolute Gasteiger partial charge is 0.382 e. The molecule has 0 amide bonds. The van der Waals surface area contributed by atoms with Crippen LogP contribution in [-0.2, 0) is 0 Å². The van der Waals surface area contributed by atoms with Gasteiger partial charge in [0.2, 0.25) is 5.75 Å². The lowest BCUT2D eigenvalue weighted by Crippen LogP contribution is -2.09. The highest BCUT2D eigenvalue weighted by Crippen LogP contribution is 2.34. The van der Waals surface area contributed by atoms with E-state index in [1.165, 1.54) is 0 Å². The van der Waals surface area contributed by atoms with E-state index in [1.807, 2.05) is 13.8 Å². The van der Waals surface area contributed by atoms with Crippen LogP contribution >= 0.6 is 0 Å². The van der Waals surface area contributed by atoms with Crippen LogP contribution in [0.25, 0.3) is 11.0 Å². The van der Waals surface area contributed by atoms with E-state index in [4.69, 9.17) is 13.9 Å². The van der Waals surface area contributed by atoms with Crippen LogP contribution in [0.2, 0.25) is 0 Å². The minimum atomic E-state index is -0.823. The fourth-order valence-corrected chi connectivity index (χ4v) is 2.12. The van der Waals surface area contributed by atoms with Crippen molar-refractivity contribution in [1.29, 1.82) is 0 Å². The molecule has 5 nitrogen and oxygen atoms in total.